The number of thiazole rings is 1. The molecule has 0 saturated heterocycles. The molecule has 1 amide bonds. The Morgan fingerprint density at radius 2 is 1.83 bits per heavy atom. The molecule has 0 unspecified atom stereocenters. The summed E-state index contributed by atoms with van der Waals surface area (Å²) in [5.74, 6) is -1.36. The number of likely N-dealkylation sites (N-methyl/N-ethyl adjacent to an activating group) is 1. The van der Waals surface area contributed by atoms with Crippen molar-refractivity contribution in [3.63, 3.8) is 0 Å². The highest BCUT2D eigenvalue weighted by molar-refractivity contribution is 7.91. The van der Waals surface area contributed by atoms with Crippen molar-refractivity contribution in [3.8, 4) is 11.1 Å². The number of hydrogen-bond acceptors (Lipinski definition) is 5. The van der Waals surface area contributed by atoms with Gasteiger partial charge in [-0.05, 0) is 43.3 Å². The molecule has 0 saturated carbocycles. The predicted molar refractivity (Wildman–Crippen MR) is 112 cm³/mol. The fraction of sp³-hybridized carbons (Fsp3) is 0.200. The highest BCUT2D eigenvalue weighted by Crippen LogP contribution is 2.29. The smallest absolute Gasteiger partial charge is 0.251 e. The number of aromatic nitrogens is 1. The van der Waals surface area contributed by atoms with Crippen LogP contribution in [0.1, 0.15) is 11.3 Å². The number of amides is 1. The van der Waals surface area contributed by atoms with Crippen LogP contribution in [0.15, 0.2) is 46.7 Å². The van der Waals surface area contributed by atoms with Gasteiger partial charge in [0, 0.05) is 12.6 Å². The topological polar surface area (TPSA) is 79.4 Å². The van der Waals surface area contributed by atoms with E-state index in [-0.39, 0.29) is 27.2 Å². The number of carbonyl (C=O) groups is 1. The summed E-state index contributed by atoms with van der Waals surface area (Å²) >= 11 is 0.907. The maximum absolute atomic E-state index is 13.9. The van der Waals surface area contributed by atoms with Crippen molar-refractivity contribution in [2.24, 2.45) is 0 Å². The van der Waals surface area contributed by atoms with Crippen LogP contribution in [0, 0.1) is 18.6 Å². The van der Waals surface area contributed by atoms with Crippen molar-refractivity contribution >= 4 is 32.4 Å². The molecule has 158 valence electrons. The average molecular weight is 452 g/mol. The minimum Gasteiger partial charge on any atom is -0.291 e. The third-order valence-electron chi connectivity index (χ3n) is 4.47. The number of rotatable bonds is 6. The standard InChI is InChI=1S/C20H19F2N3O3S2/c1-12-19(30(27,28)23-2)29-20(24-12)25(3)18(26)10-13-4-6-14(7-5-13)16-11-15(21)8-9-17(16)22/h4-9,11,23H,10H2,1-3H3. The first kappa shape index (κ1) is 22.0. The van der Waals surface area contributed by atoms with Gasteiger partial charge in [0.05, 0.1) is 12.1 Å². The quantitative estimate of drug-likeness (QED) is 0.622. The van der Waals surface area contributed by atoms with Gasteiger partial charge in [-0.25, -0.2) is 26.9 Å². The number of nitrogens with zero attached hydrogens (tertiary/aromatic N) is 2. The zero-order valence-corrected chi connectivity index (χ0v) is 18.1. The Bertz CT molecular complexity index is 1190. The number of anilines is 1. The van der Waals surface area contributed by atoms with Crippen LogP contribution >= 0.6 is 11.3 Å². The van der Waals surface area contributed by atoms with Crippen LogP contribution in [0.4, 0.5) is 13.9 Å². The number of halogens is 2. The molecular formula is C20H19F2N3O3S2. The number of sulfonamides is 1. The van der Waals surface area contributed by atoms with Crippen LogP contribution in [-0.2, 0) is 21.2 Å². The van der Waals surface area contributed by atoms with Crippen molar-refractivity contribution < 1.29 is 22.0 Å². The number of benzene rings is 2. The van der Waals surface area contributed by atoms with Gasteiger partial charge in [-0.2, -0.15) is 0 Å². The number of nitrogens with one attached hydrogen (secondary N) is 1. The maximum Gasteiger partial charge on any atom is 0.251 e. The molecule has 1 aromatic heterocycles. The second-order valence-electron chi connectivity index (χ2n) is 6.53. The van der Waals surface area contributed by atoms with Gasteiger partial charge in [-0.15, -0.1) is 0 Å². The van der Waals surface area contributed by atoms with Gasteiger partial charge >= 0.3 is 0 Å². The molecule has 0 aliphatic carbocycles. The number of aryl methyl sites for hydroxylation is 1. The Kier molecular flexibility index (Phi) is 6.30. The normalized spacial score (nSPS) is 11.5. The molecule has 6 nitrogen and oxygen atoms in total. The van der Waals surface area contributed by atoms with E-state index in [0.29, 0.717) is 16.8 Å². The molecule has 0 aliphatic heterocycles. The van der Waals surface area contributed by atoms with Crippen molar-refractivity contribution in [3.05, 3.63) is 65.4 Å². The molecule has 10 heteroatoms. The molecule has 0 atom stereocenters. The Hall–Kier alpha value is -2.69. The third-order valence-corrected chi connectivity index (χ3v) is 7.72. The van der Waals surface area contributed by atoms with Crippen molar-refractivity contribution in [2.75, 3.05) is 19.0 Å². The van der Waals surface area contributed by atoms with E-state index in [1.807, 2.05) is 0 Å². The van der Waals surface area contributed by atoms with Crippen LogP contribution in [0.3, 0.4) is 0 Å². The van der Waals surface area contributed by atoms with E-state index in [2.05, 4.69) is 9.71 Å². The lowest BCUT2D eigenvalue weighted by Gasteiger charge is -2.14. The van der Waals surface area contributed by atoms with E-state index in [0.717, 1.165) is 29.5 Å². The lowest BCUT2D eigenvalue weighted by atomic mass is 10.0. The Morgan fingerprint density at radius 3 is 2.47 bits per heavy atom. The minimum atomic E-state index is -3.65. The Labute approximate surface area is 177 Å². The zero-order chi connectivity index (χ0) is 22.1. The van der Waals surface area contributed by atoms with E-state index in [9.17, 15) is 22.0 Å². The van der Waals surface area contributed by atoms with Crippen molar-refractivity contribution in [2.45, 2.75) is 17.6 Å². The van der Waals surface area contributed by atoms with Crippen molar-refractivity contribution in [1.82, 2.24) is 9.71 Å². The van der Waals surface area contributed by atoms with Crippen LogP contribution in [0.5, 0.6) is 0 Å². The van der Waals surface area contributed by atoms with Gasteiger partial charge in [-0.1, -0.05) is 35.6 Å². The van der Waals surface area contributed by atoms with Gasteiger partial charge < -0.3 is 0 Å². The van der Waals surface area contributed by atoms with E-state index in [1.54, 1.807) is 31.2 Å². The molecule has 1 N–H and O–H groups in total. The summed E-state index contributed by atoms with van der Waals surface area (Å²) in [6.07, 6.45) is 0.0369. The van der Waals surface area contributed by atoms with Crippen LogP contribution in [-0.4, -0.2) is 33.4 Å². The fourth-order valence-corrected chi connectivity index (χ4v) is 5.09. The highest BCUT2D eigenvalue weighted by atomic mass is 32.2. The predicted octanol–water partition coefficient (Wildman–Crippen LogP) is 3.51. The molecule has 0 spiro atoms. The molecule has 0 radical (unpaired) electrons. The molecule has 1 heterocycles. The molecule has 0 bridgehead atoms. The second-order valence-corrected chi connectivity index (χ2v) is 9.59. The van der Waals surface area contributed by atoms with E-state index < -0.39 is 21.7 Å². The first-order chi connectivity index (χ1) is 14.1. The van der Waals surface area contributed by atoms with Gasteiger partial charge in [0.1, 0.15) is 11.6 Å². The monoisotopic (exact) mass is 451 g/mol. The summed E-state index contributed by atoms with van der Waals surface area (Å²) in [5, 5.41) is 0.268. The van der Waals surface area contributed by atoms with Gasteiger partial charge in [0.25, 0.3) is 10.0 Å². The highest BCUT2D eigenvalue weighted by Gasteiger charge is 2.23. The van der Waals surface area contributed by atoms with Gasteiger partial charge in [0.15, 0.2) is 9.34 Å². The Balaban J connectivity index is 1.76. The number of carbonyl (C=O) groups excluding carboxylic acids is 1. The lowest BCUT2D eigenvalue weighted by Crippen LogP contribution is -2.27. The summed E-state index contributed by atoms with van der Waals surface area (Å²) < 4.78 is 53.6. The first-order valence-electron chi connectivity index (χ1n) is 8.84. The molecule has 3 aromatic rings. The van der Waals surface area contributed by atoms with Gasteiger partial charge in [0.2, 0.25) is 5.91 Å². The maximum atomic E-state index is 13.9. The fourth-order valence-electron chi connectivity index (χ4n) is 2.77. The number of hydrogen-bond donors (Lipinski definition) is 1. The Morgan fingerprint density at radius 1 is 1.17 bits per heavy atom. The largest absolute Gasteiger partial charge is 0.291 e. The summed E-state index contributed by atoms with van der Waals surface area (Å²) in [4.78, 5) is 18.1. The molecule has 2 aromatic carbocycles. The average Bonchev–Trinajstić information content (AvgIpc) is 3.12. The van der Waals surface area contributed by atoms with Crippen LogP contribution < -0.4 is 9.62 Å². The van der Waals surface area contributed by atoms with Crippen molar-refractivity contribution in [1.29, 1.82) is 0 Å². The second kappa shape index (κ2) is 8.58. The minimum absolute atomic E-state index is 0.0369. The first-order valence-corrected chi connectivity index (χ1v) is 11.1. The van der Waals surface area contributed by atoms with E-state index in [1.165, 1.54) is 19.0 Å². The summed E-state index contributed by atoms with van der Waals surface area (Å²) in [5.41, 5.74) is 1.62. The van der Waals surface area contributed by atoms with Crippen LogP contribution in [0.2, 0.25) is 0 Å². The van der Waals surface area contributed by atoms with Gasteiger partial charge in [-0.3, -0.25) is 9.69 Å². The zero-order valence-electron chi connectivity index (χ0n) is 16.4. The molecule has 0 fully saturated rings. The third kappa shape index (κ3) is 4.55. The van der Waals surface area contributed by atoms with E-state index >= 15 is 0 Å². The van der Waals surface area contributed by atoms with Crippen LogP contribution in [0.25, 0.3) is 11.1 Å². The van der Waals surface area contributed by atoms with E-state index in [4.69, 9.17) is 0 Å². The molecule has 3 rings (SSSR count). The summed E-state index contributed by atoms with van der Waals surface area (Å²) in [7, 11) is -0.825. The SMILES string of the molecule is CNS(=O)(=O)c1sc(N(C)C(=O)Cc2ccc(-c3cc(F)ccc3F)cc2)nc1C. The summed E-state index contributed by atoms with van der Waals surface area (Å²) in [6, 6.07) is 9.79. The summed E-state index contributed by atoms with van der Waals surface area (Å²) in [6.45, 7) is 1.56. The lowest BCUT2D eigenvalue weighted by molar-refractivity contribution is -0.117. The molecule has 30 heavy (non-hydrogen) atoms. The molecule has 0 aliphatic rings. The molecular weight excluding hydrogens is 432 g/mol.